The van der Waals surface area contributed by atoms with Crippen LogP contribution in [-0.2, 0) is 19.1 Å². The number of carboxylic acids is 1. The predicted molar refractivity (Wildman–Crippen MR) is 158 cm³/mol. The summed E-state index contributed by atoms with van der Waals surface area (Å²) in [7, 11) is 5.48. The topological polar surface area (TPSA) is 123 Å². The van der Waals surface area contributed by atoms with Crippen molar-refractivity contribution in [3.8, 4) is 0 Å². The number of amides is 1. The van der Waals surface area contributed by atoms with Crippen LogP contribution in [0.25, 0.3) is 0 Å². The van der Waals surface area contributed by atoms with Crippen molar-refractivity contribution < 1.29 is 29.0 Å². The van der Waals surface area contributed by atoms with Crippen LogP contribution in [-0.4, -0.2) is 141 Å². The monoisotopic (exact) mass is 575 g/mol. The number of ketones is 1. The number of unbranched alkanes of at least 4 members (excludes halogenated alkanes) is 2. The first-order valence-corrected chi connectivity index (χ1v) is 14.7. The second kappa shape index (κ2) is 19.3. The highest BCUT2D eigenvalue weighted by Crippen LogP contribution is 2.10. The number of esters is 1. The van der Waals surface area contributed by atoms with Crippen LogP contribution in [0, 0.1) is 0 Å². The van der Waals surface area contributed by atoms with Crippen molar-refractivity contribution in [1.29, 1.82) is 0 Å². The lowest BCUT2D eigenvalue weighted by Gasteiger charge is -2.31. The Kier molecular flexibility index (Phi) is 16.2. The van der Waals surface area contributed by atoms with Crippen LogP contribution in [0.15, 0.2) is 30.3 Å². The summed E-state index contributed by atoms with van der Waals surface area (Å²) in [6, 6.07) is 8.02. The second-order valence-electron chi connectivity index (χ2n) is 10.9. The predicted octanol–water partition coefficient (Wildman–Crippen LogP) is 1.43. The van der Waals surface area contributed by atoms with E-state index < -0.39 is 18.0 Å². The molecular formula is C30H49N5O6. The van der Waals surface area contributed by atoms with E-state index in [1.807, 2.05) is 11.0 Å². The number of Topliss-reactive ketones (excluding diaryl/α,β-unsaturated/α-hetero) is 1. The minimum atomic E-state index is -0.822. The molecule has 0 aromatic heterocycles. The first-order chi connectivity index (χ1) is 19.7. The minimum absolute atomic E-state index is 0.0211. The Morgan fingerprint density at radius 1 is 0.829 bits per heavy atom. The molecule has 41 heavy (non-hydrogen) atoms. The second-order valence-corrected chi connectivity index (χ2v) is 10.9. The molecule has 11 nitrogen and oxygen atoms in total. The van der Waals surface area contributed by atoms with Crippen LogP contribution in [0.1, 0.15) is 48.9 Å². The number of benzene rings is 1. The molecule has 1 aromatic carbocycles. The van der Waals surface area contributed by atoms with Gasteiger partial charge in [-0.2, -0.15) is 0 Å². The van der Waals surface area contributed by atoms with Gasteiger partial charge >= 0.3 is 11.9 Å². The number of carbonyl (C=O) groups excluding carboxylic acids is 3. The lowest BCUT2D eigenvalue weighted by Crippen LogP contribution is -2.45. The third kappa shape index (κ3) is 14.6. The van der Waals surface area contributed by atoms with Gasteiger partial charge in [0.2, 0.25) is 0 Å². The van der Waals surface area contributed by atoms with E-state index in [1.54, 1.807) is 24.3 Å². The molecule has 0 bridgehead atoms. The molecule has 1 aliphatic heterocycles. The van der Waals surface area contributed by atoms with Crippen molar-refractivity contribution in [1.82, 2.24) is 24.9 Å². The Balaban J connectivity index is 1.75. The molecule has 230 valence electrons. The van der Waals surface area contributed by atoms with Gasteiger partial charge in [-0.15, -0.1) is 0 Å². The molecule has 1 heterocycles. The number of carbonyl (C=O) groups is 4. The molecule has 0 radical (unpaired) electrons. The Morgan fingerprint density at radius 3 is 2.05 bits per heavy atom. The number of nitrogens with one attached hydrogen (secondary N) is 1. The maximum Gasteiger partial charge on any atom is 0.328 e. The van der Waals surface area contributed by atoms with Crippen LogP contribution in [0.3, 0.4) is 0 Å². The van der Waals surface area contributed by atoms with E-state index in [-0.39, 0.29) is 18.2 Å². The Hall–Kier alpha value is -2.86. The third-order valence-electron chi connectivity index (χ3n) is 7.53. The summed E-state index contributed by atoms with van der Waals surface area (Å²) in [5, 5.41) is 12.1. The highest BCUT2D eigenvalue weighted by atomic mass is 16.5. The number of methoxy groups -OCH3 is 1. The van der Waals surface area contributed by atoms with E-state index in [9.17, 15) is 24.3 Å². The standard InChI is InChI=1S/C30H49N5O6/c1-32-16-17-33(2)19-21-35(24-28(37)38)23-22-34(20-18-32)15-14-26(36)12-8-5-9-13-27(30(40)41-3)31-29(39)25-10-6-4-7-11-25/h4,6-7,10-11,27H,5,8-9,12-24H2,1-3H3,(H,31,39)(H,37,38). The molecule has 2 rings (SSSR count). The average Bonchev–Trinajstić information content (AvgIpc) is 2.96. The van der Waals surface area contributed by atoms with E-state index in [0.29, 0.717) is 50.9 Å². The largest absolute Gasteiger partial charge is 0.480 e. The van der Waals surface area contributed by atoms with Gasteiger partial charge < -0.3 is 29.9 Å². The van der Waals surface area contributed by atoms with Crippen molar-refractivity contribution in [2.45, 2.75) is 44.6 Å². The van der Waals surface area contributed by atoms with Gasteiger partial charge in [0.05, 0.1) is 13.7 Å². The fraction of sp³-hybridized carbons (Fsp3) is 0.667. The third-order valence-corrected chi connectivity index (χ3v) is 7.53. The van der Waals surface area contributed by atoms with E-state index in [0.717, 1.165) is 52.1 Å². The van der Waals surface area contributed by atoms with Gasteiger partial charge in [0.15, 0.2) is 0 Å². The number of rotatable bonds is 14. The average molecular weight is 576 g/mol. The number of ether oxygens (including phenoxy) is 1. The van der Waals surface area contributed by atoms with Crippen LogP contribution < -0.4 is 5.32 Å². The molecule has 1 fully saturated rings. The van der Waals surface area contributed by atoms with Gasteiger partial charge in [-0.1, -0.05) is 31.0 Å². The number of aliphatic carboxylic acids is 1. The van der Waals surface area contributed by atoms with Crippen LogP contribution in [0.5, 0.6) is 0 Å². The smallest absolute Gasteiger partial charge is 0.328 e. The van der Waals surface area contributed by atoms with Gasteiger partial charge in [0, 0.05) is 77.3 Å². The van der Waals surface area contributed by atoms with Gasteiger partial charge in [-0.05, 0) is 39.1 Å². The number of carboxylic acid groups (broad SMARTS) is 1. The molecule has 1 amide bonds. The molecular weight excluding hydrogens is 526 g/mol. The molecule has 0 spiro atoms. The van der Waals surface area contributed by atoms with E-state index in [1.165, 1.54) is 7.11 Å². The maximum absolute atomic E-state index is 12.7. The minimum Gasteiger partial charge on any atom is -0.480 e. The van der Waals surface area contributed by atoms with Crippen molar-refractivity contribution in [2.75, 3.05) is 86.7 Å². The number of likely N-dealkylation sites (N-methyl/N-ethyl adjacent to an activating group) is 2. The molecule has 2 N–H and O–H groups in total. The Morgan fingerprint density at radius 2 is 1.41 bits per heavy atom. The molecule has 1 saturated heterocycles. The van der Waals surface area contributed by atoms with Crippen molar-refractivity contribution >= 4 is 23.6 Å². The first-order valence-electron chi connectivity index (χ1n) is 14.7. The zero-order valence-electron chi connectivity index (χ0n) is 25.1. The number of hydrogen-bond donors (Lipinski definition) is 2. The molecule has 0 aliphatic carbocycles. The van der Waals surface area contributed by atoms with Gasteiger partial charge in [0.1, 0.15) is 11.8 Å². The molecule has 1 unspecified atom stereocenters. The summed E-state index contributed by atoms with van der Waals surface area (Å²) in [6.45, 7) is 7.16. The summed E-state index contributed by atoms with van der Waals surface area (Å²) in [6.07, 6.45) is 3.57. The van der Waals surface area contributed by atoms with Crippen LogP contribution in [0.2, 0.25) is 0 Å². The van der Waals surface area contributed by atoms with Crippen molar-refractivity contribution in [3.05, 3.63) is 35.9 Å². The zero-order chi connectivity index (χ0) is 30.0. The molecule has 11 heteroatoms. The van der Waals surface area contributed by atoms with E-state index in [4.69, 9.17) is 4.74 Å². The van der Waals surface area contributed by atoms with E-state index in [2.05, 4.69) is 34.1 Å². The lowest BCUT2D eigenvalue weighted by molar-refractivity contribution is -0.143. The summed E-state index contributed by atoms with van der Waals surface area (Å²) >= 11 is 0. The van der Waals surface area contributed by atoms with Crippen LogP contribution in [0.4, 0.5) is 0 Å². The van der Waals surface area contributed by atoms with Gasteiger partial charge in [-0.25, -0.2) is 4.79 Å². The zero-order valence-corrected chi connectivity index (χ0v) is 25.1. The normalized spacial score (nSPS) is 17.6. The molecule has 1 atom stereocenters. The summed E-state index contributed by atoms with van der Waals surface area (Å²) in [5.74, 6) is -1.41. The molecule has 1 aliphatic rings. The fourth-order valence-electron chi connectivity index (χ4n) is 4.75. The molecule has 0 saturated carbocycles. The Bertz CT molecular complexity index is 947. The summed E-state index contributed by atoms with van der Waals surface area (Å²) in [4.78, 5) is 57.4. The van der Waals surface area contributed by atoms with Gasteiger partial charge in [0.25, 0.3) is 5.91 Å². The quantitative estimate of drug-likeness (QED) is 0.249. The number of hydrogen-bond acceptors (Lipinski definition) is 9. The molecule has 1 aromatic rings. The first kappa shape index (κ1) is 34.3. The lowest BCUT2D eigenvalue weighted by atomic mass is 10.0. The SMILES string of the molecule is COC(=O)C(CCCCCC(=O)CCN1CCN(C)CCN(C)CCN(CC(=O)O)CC1)NC(=O)c1ccccc1. The van der Waals surface area contributed by atoms with E-state index >= 15 is 0 Å². The Labute approximate surface area is 244 Å². The highest BCUT2D eigenvalue weighted by molar-refractivity contribution is 5.96. The van der Waals surface area contributed by atoms with Gasteiger partial charge in [-0.3, -0.25) is 19.3 Å². The summed E-state index contributed by atoms with van der Waals surface area (Å²) < 4.78 is 4.87. The van der Waals surface area contributed by atoms with Crippen molar-refractivity contribution in [3.63, 3.8) is 0 Å². The fourth-order valence-corrected chi connectivity index (χ4v) is 4.75. The number of nitrogens with zero attached hydrogens (tertiary/aromatic N) is 4. The summed E-state index contributed by atoms with van der Waals surface area (Å²) in [5.41, 5.74) is 0.484. The highest BCUT2D eigenvalue weighted by Gasteiger charge is 2.22. The maximum atomic E-state index is 12.7. The van der Waals surface area contributed by atoms with Crippen molar-refractivity contribution in [2.24, 2.45) is 0 Å². The van der Waals surface area contributed by atoms with Crippen LogP contribution >= 0.6 is 0 Å².